The number of aliphatic hydroxyl groups is 1. The van der Waals surface area contributed by atoms with Gasteiger partial charge < -0.3 is 20.5 Å². The molecule has 0 aliphatic carbocycles. The number of aliphatic hydroxyl groups excluding tert-OH is 1. The van der Waals surface area contributed by atoms with Crippen LogP contribution in [-0.4, -0.2) is 43.5 Å². The summed E-state index contributed by atoms with van der Waals surface area (Å²) in [6, 6.07) is 0.0527. The number of carbonyl (C=O) groups excluding carboxylic acids is 1. The first-order chi connectivity index (χ1) is 7.33. The Labute approximate surface area is 90.2 Å². The van der Waals surface area contributed by atoms with Crippen LogP contribution in [0.5, 0.6) is 0 Å². The monoisotopic (exact) mass is 216 g/mol. The molecular formula is C10H20N2O3. The van der Waals surface area contributed by atoms with E-state index in [1.807, 2.05) is 0 Å². The van der Waals surface area contributed by atoms with Crippen LogP contribution in [0.3, 0.4) is 0 Å². The van der Waals surface area contributed by atoms with Crippen molar-refractivity contribution >= 4 is 6.03 Å². The summed E-state index contributed by atoms with van der Waals surface area (Å²) in [5, 5.41) is 14.2. The Morgan fingerprint density at radius 1 is 1.40 bits per heavy atom. The Balaban J connectivity index is 1.93. The van der Waals surface area contributed by atoms with Crippen molar-refractivity contribution in [3.05, 3.63) is 0 Å². The van der Waals surface area contributed by atoms with E-state index in [2.05, 4.69) is 10.6 Å². The highest BCUT2D eigenvalue weighted by Gasteiger charge is 2.16. The Morgan fingerprint density at radius 3 is 2.93 bits per heavy atom. The van der Waals surface area contributed by atoms with Crippen molar-refractivity contribution in [3.8, 4) is 0 Å². The van der Waals surface area contributed by atoms with Gasteiger partial charge in [-0.15, -0.1) is 0 Å². The van der Waals surface area contributed by atoms with E-state index in [0.29, 0.717) is 13.2 Å². The van der Waals surface area contributed by atoms with E-state index < -0.39 is 0 Å². The van der Waals surface area contributed by atoms with E-state index in [-0.39, 0.29) is 18.7 Å². The molecular weight excluding hydrogens is 196 g/mol. The molecule has 0 radical (unpaired) electrons. The van der Waals surface area contributed by atoms with Crippen LogP contribution in [0.4, 0.5) is 4.79 Å². The highest BCUT2D eigenvalue weighted by molar-refractivity contribution is 5.74. The standard InChI is InChI=1S/C10H20N2O3/c13-6-3-1-2-5-11-10(14)12-9-4-7-15-8-9/h9,13H,1-8H2,(H2,11,12,14). The second-order valence-corrected chi connectivity index (χ2v) is 3.75. The molecule has 1 heterocycles. The molecule has 15 heavy (non-hydrogen) atoms. The van der Waals surface area contributed by atoms with Gasteiger partial charge in [0.1, 0.15) is 0 Å². The highest BCUT2D eigenvalue weighted by Crippen LogP contribution is 2.02. The number of amides is 2. The fourth-order valence-electron chi connectivity index (χ4n) is 1.50. The van der Waals surface area contributed by atoms with Crippen molar-refractivity contribution in [2.24, 2.45) is 0 Å². The predicted octanol–water partition coefficient (Wildman–Crippen LogP) is 0.237. The topological polar surface area (TPSA) is 70.6 Å². The summed E-state index contributed by atoms with van der Waals surface area (Å²) in [7, 11) is 0. The van der Waals surface area contributed by atoms with Gasteiger partial charge in [-0.3, -0.25) is 0 Å². The smallest absolute Gasteiger partial charge is 0.315 e. The van der Waals surface area contributed by atoms with Gasteiger partial charge in [0.2, 0.25) is 0 Å². The van der Waals surface area contributed by atoms with Gasteiger partial charge in [-0.2, -0.15) is 0 Å². The second-order valence-electron chi connectivity index (χ2n) is 3.75. The molecule has 1 saturated heterocycles. The summed E-state index contributed by atoms with van der Waals surface area (Å²) in [5.41, 5.74) is 0. The van der Waals surface area contributed by atoms with Gasteiger partial charge in [-0.1, -0.05) is 0 Å². The minimum absolute atomic E-state index is 0.116. The van der Waals surface area contributed by atoms with Gasteiger partial charge in [-0.25, -0.2) is 4.79 Å². The average Bonchev–Trinajstić information content (AvgIpc) is 2.70. The first kappa shape index (κ1) is 12.3. The van der Waals surface area contributed by atoms with Crippen molar-refractivity contribution < 1.29 is 14.6 Å². The zero-order valence-electron chi connectivity index (χ0n) is 9.00. The lowest BCUT2D eigenvalue weighted by molar-refractivity contribution is 0.188. The molecule has 0 saturated carbocycles. The molecule has 0 bridgehead atoms. The third-order valence-electron chi connectivity index (χ3n) is 2.39. The van der Waals surface area contributed by atoms with E-state index in [4.69, 9.17) is 9.84 Å². The Kier molecular flexibility index (Phi) is 6.11. The van der Waals surface area contributed by atoms with Gasteiger partial charge in [0.05, 0.1) is 12.6 Å². The molecule has 0 aromatic heterocycles. The number of rotatable bonds is 6. The zero-order valence-corrected chi connectivity index (χ0v) is 9.00. The van der Waals surface area contributed by atoms with Crippen LogP contribution in [0.1, 0.15) is 25.7 Å². The number of nitrogens with one attached hydrogen (secondary N) is 2. The van der Waals surface area contributed by atoms with E-state index >= 15 is 0 Å². The van der Waals surface area contributed by atoms with Gasteiger partial charge >= 0.3 is 6.03 Å². The number of ether oxygens (including phenoxy) is 1. The SMILES string of the molecule is O=C(NCCCCCO)NC1CCOC1. The van der Waals surface area contributed by atoms with E-state index in [1.165, 1.54) is 0 Å². The van der Waals surface area contributed by atoms with Crippen LogP contribution < -0.4 is 10.6 Å². The predicted molar refractivity (Wildman–Crippen MR) is 56.7 cm³/mol. The lowest BCUT2D eigenvalue weighted by atomic mass is 10.2. The molecule has 3 N–H and O–H groups in total. The molecule has 1 aliphatic heterocycles. The largest absolute Gasteiger partial charge is 0.396 e. The van der Waals surface area contributed by atoms with Gasteiger partial charge in [0.15, 0.2) is 0 Å². The Morgan fingerprint density at radius 2 is 2.27 bits per heavy atom. The molecule has 0 spiro atoms. The third kappa shape index (κ3) is 5.59. The molecule has 2 amide bonds. The van der Waals surface area contributed by atoms with E-state index in [9.17, 15) is 4.79 Å². The highest BCUT2D eigenvalue weighted by atomic mass is 16.5. The maximum absolute atomic E-state index is 11.3. The fraction of sp³-hybridized carbons (Fsp3) is 0.900. The van der Waals surface area contributed by atoms with Crippen LogP contribution in [0.2, 0.25) is 0 Å². The summed E-state index contributed by atoms with van der Waals surface area (Å²) < 4.78 is 5.15. The number of hydrogen-bond acceptors (Lipinski definition) is 3. The van der Waals surface area contributed by atoms with Crippen LogP contribution >= 0.6 is 0 Å². The van der Waals surface area contributed by atoms with Gasteiger partial charge in [0, 0.05) is 19.8 Å². The summed E-state index contributed by atoms with van der Waals surface area (Å²) in [6.45, 7) is 2.25. The molecule has 1 unspecified atom stereocenters. The summed E-state index contributed by atoms with van der Waals surface area (Å²) in [5.74, 6) is 0. The van der Waals surface area contributed by atoms with Gasteiger partial charge in [-0.05, 0) is 25.7 Å². The second kappa shape index (κ2) is 7.48. The summed E-state index contributed by atoms with van der Waals surface area (Å²) in [6.07, 6.45) is 3.57. The third-order valence-corrected chi connectivity index (χ3v) is 2.39. The molecule has 1 rings (SSSR count). The molecule has 5 nitrogen and oxygen atoms in total. The number of carbonyl (C=O) groups is 1. The van der Waals surface area contributed by atoms with Crippen LogP contribution in [0, 0.1) is 0 Å². The van der Waals surface area contributed by atoms with Crippen molar-refractivity contribution in [1.29, 1.82) is 0 Å². The Bertz CT molecular complexity index is 182. The van der Waals surface area contributed by atoms with Crippen molar-refractivity contribution in [2.75, 3.05) is 26.4 Å². The maximum Gasteiger partial charge on any atom is 0.315 e. The van der Waals surface area contributed by atoms with Crippen molar-refractivity contribution in [2.45, 2.75) is 31.7 Å². The minimum Gasteiger partial charge on any atom is -0.396 e. The zero-order chi connectivity index (χ0) is 10.9. The Hall–Kier alpha value is -0.810. The molecule has 88 valence electrons. The number of unbranched alkanes of at least 4 members (excludes halogenated alkanes) is 2. The fourth-order valence-corrected chi connectivity index (χ4v) is 1.50. The number of urea groups is 1. The average molecular weight is 216 g/mol. The maximum atomic E-state index is 11.3. The molecule has 5 heteroatoms. The molecule has 1 fully saturated rings. The van der Waals surface area contributed by atoms with Crippen molar-refractivity contribution in [1.82, 2.24) is 10.6 Å². The van der Waals surface area contributed by atoms with Crippen molar-refractivity contribution in [3.63, 3.8) is 0 Å². The molecule has 1 aliphatic rings. The molecule has 1 atom stereocenters. The van der Waals surface area contributed by atoms with Crippen LogP contribution in [-0.2, 0) is 4.74 Å². The normalized spacial score (nSPS) is 20.2. The quantitative estimate of drug-likeness (QED) is 0.557. The van der Waals surface area contributed by atoms with E-state index in [1.54, 1.807) is 0 Å². The van der Waals surface area contributed by atoms with Gasteiger partial charge in [0.25, 0.3) is 0 Å². The van der Waals surface area contributed by atoms with Crippen LogP contribution in [0.15, 0.2) is 0 Å². The lowest BCUT2D eigenvalue weighted by Gasteiger charge is -2.11. The first-order valence-electron chi connectivity index (χ1n) is 5.56. The minimum atomic E-state index is -0.116. The molecule has 0 aromatic rings. The number of hydrogen-bond donors (Lipinski definition) is 3. The first-order valence-corrected chi connectivity index (χ1v) is 5.56. The van der Waals surface area contributed by atoms with E-state index in [0.717, 1.165) is 32.3 Å². The lowest BCUT2D eigenvalue weighted by Crippen LogP contribution is -2.42. The molecule has 0 aromatic carbocycles. The van der Waals surface area contributed by atoms with Crippen LogP contribution in [0.25, 0.3) is 0 Å². The summed E-state index contributed by atoms with van der Waals surface area (Å²) >= 11 is 0. The summed E-state index contributed by atoms with van der Waals surface area (Å²) in [4.78, 5) is 11.3.